The highest BCUT2D eigenvalue weighted by Gasteiger charge is 2.29. The minimum absolute atomic E-state index is 0.150. The summed E-state index contributed by atoms with van der Waals surface area (Å²) < 4.78 is 32.0. The van der Waals surface area contributed by atoms with Crippen LogP contribution < -0.4 is 14.4 Å². The number of ether oxygens (including phenoxy) is 1. The summed E-state index contributed by atoms with van der Waals surface area (Å²) in [5, 5.41) is 2.72. The van der Waals surface area contributed by atoms with E-state index in [-0.39, 0.29) is 12.5 Å². The third-order valence-electron chi connectivity index (χ3n) is 4.80. The van der Waals surface area contributed by atoms with Gasteiger partial charge < -0.3 is 15.0 Å². The monoisotopic (exact) mass is 525 g/mol. The lowest BCUT2D eigenvalue weighted by molar-refractivity contribution is -0.139. The Bertz CT molecular complexity index is 1040. The lowest BCUT2D eigenvalue weighted by Gasteiger charge is -2.31. The molecular formula is C22H28BrN3O5S. The van der Waals surface area contributed by atoms with Crippen molar-refractivity contribution in [3.8, 4) is 5.75 Å². The van der Waals surface area contributed by atoms with Crippen LogP contribution >= 0.6 is 15.9 Å². The molecule has 1 atom stereocenters. The van der Waals surface area contributed by atoms with Crippen LogP contribution in [-0.2, 0) is 26.2 Å². The van der Waals surface area contributed by atoms with E-state index in [1.165, 1.54) is 12.0 Å². The molecule has 0 aliphatic heterocycles. The number of methoxy groups -OCH3 is 1. The molecule has 0 aliphatic rings. The summed E-state index contributed by atoms with van der Waals surface area (Å²) in [6, 6.07) is 13.0. The summed E-state index contributed by atoms with van der Waals surface area (Å²) in [7, 11) is -2.26. The van der Waals surface area contributed by atoms with Crippen molar-refractivity contribution in [2.75, 3.05) is 30.8 Å². The zero-order chi connectivity index (χ0) is 23.9. The number of carbonyl (C=O) groups is 2. The summed E-state index contributed by atoms with van der Waals surface area (Å²) in [5.74, 6) is -0.245. The number of amides is 2. The summed E-state index contributed by atoms with van der Waals surface area (Å²) in [4.78, 5) is 27.2. The molecule has 2 aromatic rings. The highest BCUT2D eigenvalue weighted by atomic mass is 79.9. The Kier molecular flexibility index (Phi) is 9.09. The van der Waals surface area contributed by atoms with Crippen LogP contribution in [0.5, 0.6) is 5.75 Å². The van der Waals surface area contributed by atoms with Gasteiger partial charge in [-0.3, -0.25) is 13.9 Å². The zero-order valence-electron chi connectivity index (χ0n) is 18.5. The van der Waals surface area contributed by atoms with Gasteiger partial charge in [-0.15, -0.1) is 0 Å². The van der Waals surface area contributed by atoms with Crippen LogP contribution in [0.1, 0.15) is 19.4 Å². The summed E-state index contributed by atoms with van der Waals surface area (Å²) in [6.07, 6.45) is 1.04. The highest BCUT2D eigenvalue weighted by Crippen LogP contribution is 2.22. The second-order valence-electron chi connectivity index (χ2n) is 7.19. The Morgan fingerprint density at radius 1 is 1.16 bits per heavy atom. The molecule has 0 aromatic heterocycles. The number of hydrogen-bond acceptors (Lipinski definition) is 5. The Morgan fingerprint density at radius 2 is 1.81 bits per heavy atom. The number of nitrogens with one attached hydrogen (secondary N) is 1. The van der Waals surface area contributed by atoms with Gasteiger partial charge in [-0.25, -0.2) is 8.42 Å². The van der Waals surface area contributed by atoms with Gasteiger partial charge in [-0.05, 0) is 55.8 Å². The maximum Gasteiger partial charge on any atom is 0.244 e. The fourth-order valence-corrected chi connectivity index (χ4v) is 4.40. The predicted molar refractivity (Wildman–Crippen MR) is 128 cm³/mol. The first-order valence-corrected chi connectivity index (χ1v) is 12.6. The van der Waals surface area contributed by atoms with Crippen LogP contribution in [0.4, 0.5) is 5.69 Å². The number of benzene rings is 2. The lowest BCUT2D eigenvalue weighted by atomic mass is 10.1. The minimum atomic E-state index is -3.76. The number of halogens is 1. The van der Waals surface area contributed by atoms with E-state index >= 15 is 0 Å². The van der Waals surface area contributed by atoms with Crippen molar-refractivity contribution >= 4 is 43.5 Å². The van der Waals surface area contributed by atoms with Gasteiger partial charge in [-0.2, -0.15) is 0 Å². The first-order chi connectivity index (χ1) is 15.1. The average molecular weight is 526 g/mol. The van der Waals surface area contributed by atoms with Gasteiger partial charge in [0.1, 0.15) is 18.3 Å². The Hall–Kier alpha value is -2.59. The molecule has 1 unspecified atom stereocenters. The van der Waals surface area contributed by atoms with Gasteiger partial charge in [0.05, 0.1) is 19.1 Å². The molecular weight excluding hydrogens is 498 g/mol. The van der Waals surface area contributed by atoms with Crippen LogP contribution in [0.2, 0.25) is 0 Å². The summed E-state index contributed by atoms with van der Waals surface area (Å²) >= 11 is 3.41. The predicted octanol–water partition coefficient (Wildman–Crippen LogP) is 2.78. The minimum Gasteiger partial charge on any atom is -0.497 e. The van der Waals surface area contributed by atoms with Gasteiger partial charge >= 0.3 is 0 Å². The second-order valence-corrected chi connectivity index (χ2v) is 10.0. The molecule has 0 fully saturated rings. The Labute approximate surface area is 197 Å². The topological polar surface area (TPSA) is 96.0 Å². The number of rotatable bonds is 10. The van der Waals surface area contributed by atoms with Crippen molar-refractivity contribution in [3.05, 3.63) is 58.6 Å². The van der Waals surface area contributed by atoms with Crippen LogP contribution in [0.3, 0.4) is 0 Å². The zero-order valence-corrected chi connectivity index (χ0v) is 20.9. The van der Waals surface area contributed by atoms with E-state index in [2.05, 4.69) is 21.2 Å². The number of anilines is 1. The molecule has 2 aromatic carbocycles. The van der Waals surface area contributed by atoms with E-state index in [1.54, 1.807) is 38.1 Å². The molecule has 0 bridgehead atoms. The van der Waals surface area contributed by atoms with Crippen molar-refractivity contribution in [2.45, 2.75) is 26.4 Å². The van der Waals surface area contributed by atoms with E-state index in [0.717, 1.165) is 20.6 Å². The van der Waals surface area contributed by atoms with E-state index < -0.39 is 28.5 Å². The number of hydrogen-bond donors (Lipinski definition) is 1. The lowest BCUT2D eigenvalue weighted by Crippen LogP contribution is -2.51. The number of nitrogens with zero attached hydrogens (tertiary/aromatic N) is 2. The van der Waals surface area contributed by atoms with Crippen LogP contribution in [0.15, 0.2) is 53.0 Å². The maximum atomic E-state index is 13.3. The first kappa shape index (κ1) is 25.7. The molecule has 2 amide bonds. The molecule has 10 heteroatoms. The maximum absolute atomic E-state index is 13.3. The van der Waals surface area contributed by atoms with Gasteiger partial charge in [0.15, 0.2) is 0 Å². The van der Waals surface area contributed by atoms with E-state index in [0.29, 0.717) is 18.0 Å². The smallest absolute Gasteiger partial charge is 0.244 e. The first-order valence-electron chi connectivity index (χ1n) is 10.00. The van der Waals surface area contributed by atoms with Crippen LogP contribution in [0.25, 0.3) is 0 Å². The van der Waals surface area contributed by atoms with Crippen LogP contribution in [0, 0.1) is 0 Å². The molecule has 1 N–H and O–H groups in total. The van der Waals surface area contributed by atoms with Gasteiger partial charge in [0.2, 0.25) is 21.8 Å². The number of sulfonamides is 1. The number of carbonyl (C=O) groups excluding carboxylic acids is 2. The molecule has 0 aliphatic carbocycles. The standard InChI is InChI=1S/C22H28BrN3O5S/c1-5-24-22(28)16(2)25(14-17-7-6-8-18(23)13-17)21(27)15-26(32(4,29)30)19-9-11-20(31-3)12-10-19/h6-13,16H,5,14-15H2,1-4H3,(H,24,28). The van der Waals surface area contributed by atoms with Gasteiger partial charge in [0, 0.05) is 17.6 Å². The third-order valence-corrected chi connectivity index (χ3v) is 6.43. The fraction of sp³-hybridized carbons (Fsp3) is 0.364. The van der Waals surface area contributed by atoms with Gasteiger partial charge in [0.25, 0.3) is 0 Å². The van der Waals surface area contributed by atoms with Crippen molar-refractivity contribution in [2.24, 2.45) is 0 Å². The summed E-state index contributed by atoms with van der Waals surface area (Å²) in [5.41, 5.74) is 1.13. The third kappa shape index (κ3) is 6.96. The molecule has 0 heterocycles. The molecule has 0 saturated heterocycles. The highest BCUT2D eigenvalue weighted by molar-refractivity contribution is 9.10. The van der Waals surface area contributed by atoms with Crippen molar-refractivity contribution in [1.82, 2.24) is 10.2 Å². The van der Waals surface area contributed by atoms with E-state index in [1.807, 2.05) is 24.3 Å². The molecule has 174 valence electrons. The molecule has 0 spiro atoms. The SMILES string of the molecule is CCNC(=O)C(C)N(Cc1cccc(Br)c1)C(=O)CN(c1ccc(OC)cc1)S(C)(=O)=O. The van der Waals surface area contributed by atoms with Crippen LogP contribution in [-0.4, -0.2) is 57.6 Å². The average Bonchev–Trinajstić information content (AvgIpc) is 2.74. The molecule has 32 heavy (non-hydrogen) atoms. The van der Waals surface area contributed by atoms with Crippen molar-refractivity contribution < 1.29 is 22.7 Å². The van der Waals surface area contributed by atoms with Crippen molar-refractivity contribution in [3.63, 3.8) is 0 Å². The quantitative estimate of drug-likeness (QED) is 0.514. The van der Waals surface area contributed by atoms with Crippen molar-refractivity contribution in [1.29, 1.82) is 0 Å². The van der Waals surface area contributed by atoms with E-state index in [4.69, 9.17) is 4.74 Å². The molecule has 2 rings (SSSR count). The number of likely N-dealkylation sites (N-methyl/N-ethyl adjacent to an activating group) is 1. The fourth-order valence-electron chi connectivity index (χ4n) is 3.10. The van der Waals surface area contributed by atoms with E-state index in [9.17, 15) is 18.0 Å². The van der Waals surface area contributed by atoms with Gasteiger partial charge in [-0.1, -0.05) is 28.1 Å². The second kappa shape index (κ2) is 11.3. The Balaban J connectivity index is 2.37. The normalized spacial score (nSPS) is 12.0. The molecule has 8 nitrogen and oxygen atoms in total. The Morgan fingerprint density at radius 3 is 2.34 bits per heavy atom. The summed E-state index contributed by atoms with van der Waals surface area (Å²) in [6.45, 7) is 3.54. The molecule has 0 radical (unpaired) electrons. The largest absolute Gasteiger partial charge is 0.497 e. The molecule has 0 saturated carbocycles.